The van der Waals surface area contributed by atoms with Crippen molar-refractivity contribution in [2.24, 2.45) is 5.41 Å². The minimum absolute atomic E-state index is 0. The Morgan fingerprint density at radius 1 is 1.25 bits per heavy atom. The molecule has 1 aromatic carbocycles. The Hall–Kier alpha value is -0.880. The summed E-state index contributed by atoms with van der Waals surface area (Å²) in [6, 6.07) is 3.82. The summed E-state index contributed by atoms with van der Waals surface area (Å²) < 4.78 is 1.02. The highest BCUT2D eigenvalue weighted by Crippen LogP contribution is 2.34. The molecular formula is C17H25Cl2N3OS. The number of likely N-dealkylation sites (N-methyl/N-ethyl adjacent to an activating group) is 1. The zero-order chi connectivity index (χ0) is 17.4. The number of aryl methyl sites for hydroxylation is 1. The molecule has 2 aromatic rings. The van der Waals surface area contributed by atoms with Gasteiger partial charge in [0.15, 0.2) is 5.13 Å². The molecule has 0 spiro atoms. The summed E-state index contributed by atoms with van der Waals surface area (Å²) in [5.74, 6) is 0.0853. The van der Waals surface area contributed by atoms with Gasteiger partial charge < -0.3 is 4.90 Å². The van der Waals surface area contributed by atoms with Crippen molar-refractivity contribution in [3.63, 3.8) is 0 Å². The zero-order valence-corrected chi connectivity index (χ0v) is 17.4. The van der Waals surface area contributed by atoms with Crippen LogP contribution in [0.1, 0.15) is 26.3 Å². The predicted octanol–water partition coefficient (Wildman–Crippen LogP) is 4.62. The van der Waals surface area contributed by atoms with Crippen molar-refractivity contribution >= 4 is 56.6 Å². The number of hydrogen-bond donors (Lipinski definition) is 0. The average Bonchev–Trinajstić information content (AvgIpc) is 2.81. The van der Waals surface area contributed by atoms with Crippen LogP contribution < -0.4 is 4.90 Å². The lowest BCUT2D eigenvalue weighted by Crippen LogP contribution is -2.43. The van der Waals surface area contributed by atoms with Crippen LogP contribution in [0.4, 0.5) is 5.13 Å². The molecule has 0 aliphatic carbocycles. The number of amides is 1. The lowest BCUT2D eigenvalue weighted by molar-refractivity contribution is -0.125. The Morgan fingerprint density at radius 3 is 2.42 bits per heavy atom. The van der Waals surface area contributed by atoms with Crippen molar-refractivity contribution < 1.29 is 4.79 Å². The lowest BCUT2D eigenvalue weighted by Gasteiger charge is -2.28. The van der Waals surface area contributed by atoms with Gasteiger partial charge in [0.2, 0.25) is 5.91 Å². The van der Waals surface area contributed by atoms with E-state index in [1.165, 1.54) is 11.3 Å². The maximum absolute atomic E-state index is 12.9. The molecule has 0 N–H and O–H groups in total. The number of aromatic nitrogens is 1. The number of rotatable bonds is 4. The molecule has 0 bridgehead atoms. The van der Waals surface area contributed by atoms with Gasteiger partial charge in [0.1, 0.15) is 0 Å². The van der Waals surface area contributed by atoms with Gasteiger partial charge in [0.25, 0.3) is 0 Å². The van der Waals surface area contributed by atoms with E-state index in [0.29, 0.717) is 11.6 Å². The van der Waals surface area contributed by atoms with Gasteiger partial charge in [-0.05, 0) is 38.7 Å². The number of benzene rings is 1. The molecule has 7 heteroatoms. The molecule has 2 rings (SSSR count). The van der Waals surface area contributed by atoms with E-state index in [-0.39, 0.29) is 18.3 Å². The summed E-state index contributed by atoms with van der Waals surface area (Å²) in [5, 5.41) is 1.44. The molecule has 0 radical (unpaired) electrons. The van der Waals surface area contributed by atoms with Gasteiger partial charge in [-0.15, -0.1) is 12.4 Å². The smallest absolute Gasteiger partial charge is 0.234 e. The molecule has 134 valence electrons. The Balaban J connectivity index is 0.00000288. The fourth-order valence-corrected chi connectivity index (χ4v) is 3.69. The van der Waals surface area contributed by atoms with Crippen LogP contribution in [-0.4, -0.2) is 43.0 Å². The molecule has 1 aromatic heterocycles. The lowest BCUT2D eigenvalue weighted by atomic mass is 9.95. The van der Waals surface area contributed by atoms with E-state index in [1.807, 2.05) is 53.9 Å². The van der Waals surface area contributed by atoms with Crippen LogP contribution in [0.25, 0.3) is 10.2 Å². The largest absolute Gasteiger partial charge is 0.308 e. The number of nitrogens with zero attached hydrogens (tertiary/aromatic N) is 3. The maximum Gasteiger partial charge on any atom is 0.234 e. The first-order chi connectivity index (χ1) is 10.6. The summed E-state index contributed by atoms with van der Waals surface area (Å²) in [6.45, 7) is 9.22. The van der Waals surface area contributed by atoms with Gasteiger partial charge in [-0.3, -0.25) is 9.69 Å². The van der Waals surface area contributed by atoms with Gasteiger partial charge in [0, 0.05) is 23.5 Å². The Morgan fingerprint density at radius 2 is 1.88 bits per heavy atom. The number of fused-ring (bicyclic) bond motifs is 1. The third-order valence-corrected chi connectivity index (χ3v) is 4.77. The summed E-state index contributed by atoms with van der Waals surface area (Å²) in [6.07, 6.45) is 0. The number of carbonyl (C=O) groups is 1. The number of carbonyl (C=O) groups excluding carboxylic acids is 1. The molecule has 0 unspecified atom stereocenters. The molecule has 0 aliphatic heterocycles. The van der Waals surface area contributed by atoms with Gasteiger partial charge in [-0.1, -0.05) is 43.7 Å². The molecule has 0 fully saturated rings. The molecule has 0 saturated carbocycles. The van der Waals surface area contributed by atoms with Crippen LogP contribution in [0.15, 0.2) is 12.1 Å². The van der Waals surface area contributed by atoms with Crippen molar-refractivity contribution in [1.82, 2.24) is 9.88 Å². The van der Waals surface area contributed by atoms with E-state index in [9.17, 15) is 4.79 Å². The number of hydrogen-bond acceptors (Lipinski definition) is 4. The third-order valence-electron chi connectivity index (χ3n) is 3.53. The fraction of sp³-hybridized carbons (Fsp3) is 0.529. The van der Waals surface area contributed by atoms with E-state index in [2.05, 4.69) is 4.90 Å². The predicted molar refractivity (Wildman–Crippen MR) is 107 cm³/mol. The normalized spacial score (nSPS) is 11.7. The first-order valence-electron chi connectivity index (χ1n) is 7.63. The quantitative estimate of drug-likeness (QED) is 0.764. The van der Waals surface area contributed by atoms with Crippen molar-refractivity contribution in [3.05, 3.63) is 22.7 Å². The number of anilines is 1. The first kappa shape index (κ1) is 21.2. The van der Waals surface area contributed by atoms with Crippen LogP contribution in [-0.2, 0) is 4.79 Å². The first-order valence-corrected chi connectivity index (χ1v) is 8.82. The molecule has 1 heterocycles. The summed E-state index contributed by atoms with van der Waals surface area (Å²) in [5.41, 5.74) is 1.51. The maximum atomic E-state index is 12.9. The highest BCUT2D eigenvalue weighted by atomic mass is 35.5. The molecule has 0 aliphatic rings. The van der Waals surface area contributed by atoms with Crippen molar-refractivity contribution in [3.8, 4) is 0 Å². The number of halogens is 2. The highest BCUT2D eigenvalue weighted by molar-refractivity contribution is 7.22. The zero-order valence-electron chi connectivity index (χ0n) is 15.0. The van der Waals surface area contributed by atoms with Gasteiger partial charge in [-0.25, -0.2) is 4.98 Å². The van der Waals surface area contributed by atoms with Crippen LogP contribution >= 0.6 is 35.3 Å². The minimum atomic E-state index is -0.448. The molecule has 4 nitrogen and oxygen atoms in total. The average molecular weight is 390 g/mol. The van der Waals surface area contributed by atoms with E-state index >= 15 is 0 Å². The van der Waals surface area contributed by atoms with Crippen molar-refractivity contribution in [1.29, 1.82) is 0 Å². The van der Waals surface area contributed by atoms with E-state index < -0.39 is 5.41 Å². The second-order valence-electron chi connectivity index (χ2n) is 7.08. The van der Waals surface area contributed by atoms with Crippen LogP contribution in [0.5, 0.6) is 0 Å². The van der Waals surface area contributed by atoms with Crippen LogP contribution in [0.2, 0.25) is 5.02 Å². The topological polar surface area (TPSA) is 36.4 Å². The van der Waals surface area contributed by atoms with E-state index in [0.717, 1.165) is 27.5 Å². The molecule has 1 amide bonds. The van der Waals surface area contributed by atoms with Gasteiger partial charge >= 0.3 is 0 Å². The van der Waals surface area contributed by atoms with Gasteiger partial charge in [-0.2, -0.15) is 0 Å². The molecule has 24 heavy (non-hydrogen) atoms. The number of thiazole rings is 1. The summed E-state index contributed by atoms with van der Waals surface area (Å²) in [4.78, 5) is 21.4. The second-order valence-corrected chi connectivity index (χ2v) is 8.52. The van der Waals surface area contributed by atoms with E-state index in [1.54, 1.807) is 4.90 Å². The highest BCUT2D eigenvalue weighted by Gasteiger charge is 2.30. The van der Waals surface area contributed by atoms with E-state index in [4.69, 9.17) is 16.6 Å². The third kappa shape index (κ3) is 4.82. The minimum Gasteiger partial charge on any atom is -0.308 e. The summed E-state index contributed by atoms with van der Waals surface area (Å²) in [7, 11) is 4.00. The standard InChI is InChI=1S/C17H24ClN3OS.ClH/c1-11-9-12(18)10-13-14(11)19-16(23-13)21(8-7-20(5)6)15(22)17(2,3)4;/h9-10H,7-8H2,1-6H3;1H. The van der Waals surface area contributed by atoms with Gasteiger partial charge in [0.05, 0.1) is 10.2 Å². The van der Waals surface area contributed by atoms with Crippen LogP contribution in [0, 0.1) is 12.3 Å². The fourth-order valence-electron chi connectivity index (χ4n) is 2.25. The van der Waals surface area contributed by atoms with Crippen LogP contribution in [0.3, 0.4) is 0 Å². The monoisotopic (exact) mass is 389 g/mol. The Kier molecular flexibility index (Phi) is 7.05. The van der Waals surface area contributed by atoms with Crippen molar-refractivity contribution in [2.45, 2.75) is 27.7 Å². The van der Waals surface area contributed by atoms with Crippen molar-refractivity contribution in [2.75, 3.05) is 32.1 Å². The summed E-state index contributed by atoms with van der Waals surface area (Å²) >= 11 is 7.66. The SMILES string of the molecule is Cc1cc(Cl)cc2sc(N(CCN(C)C)C(=O)C(C)(C)C)nc12.Cl. The molecular weight excluding hydrogens is 365 g/mol. The Labute approximate surface area is 159 Å². The molecule has 0 atom stereocenters. The Bertz CT molecular complexity index is 722. The second kappa shape index (κ2) is 8.00. The molecule has 0 saturated heterocycles.